The lowest BCUT2D eigenvalue weighted by molar-refractivity contribution is 0.538. The van der Waals surface area contributed by atoms with E-state index in [9.17, 15) is 4.39 Å². The van der Waals surface area contributed by atoms with Crippen molar-refractivity contribution in [3.63, 3.8) is 0 Å². The van der Waals surface area contributed by atoms with Crippen molar-refractivity contribution in [3.8, 4) is 0 Å². The van der Waals surface area contributed by atoms with E-state index in [-0.39, 0.29) is 24.3 Å². The number of aryl methyl sites for hydroxylation is 1. The summed E-state index contributed by atoms with van der Waals surface area (Å²) in [6.07, 6.45) is 3.41. The molecule has 0 aliphatic heterocycles. The van der Waals surface area contributed by atoms with Crippen LogP contribution in [0.25, 0.3) is 0 Å². The lowest BCUT2D eigenvalue weighted by atomic mass is 9.99. The van der Waals surface area contributed by atoms with Crippen molar-refractivity contribution < 1.29 is 4.39 Å². The van der Waals surface area contributed by atoms with Crippen LogP contribution in [-0.2, 0) is 0 Å². The van der Waals surface area contributed by atoms with Gasteiger partial charge in [-0.1, -0.05) is 28.8 Å². The van der Waals surface area contributed by atoms with Gasteiger partial charge in [0.1, 0.15) is 5.82 Å². The first-order chi connectivity index (χ1) is 7.08. The van der Waals surface area contributed by atoms with E-state index >= 15 is 0 Å². The van der Waals surface area contributed by atoms with Crippen molar-refractivity contribution in [1.82, 2.24) is 0 Å². The SMILES string of the molecule is Cc1cc(Br)cc([C@@H](N)CC2CC2)c1F.Cl. The van der Waals surface area contributed by atoms with Crippen molar-refractivity contribution >= 4 is 28.3 Å². The molecule has 1 aromatic carbocycles. The first kappa shape index (κ1) is 13.9. The Morgan fingerprint density at radius 1 is 1.50 bits per heavy atom. The lowest BCUT2D eigenvalue weighted by Crippen LogP contribution is -2.13. The average Bonchev–Trinajstić information content (AvgIpc) is 2.94. The molecule has 2 N–H and O–H groups in total. The zero-order valence-electron chi connectivity index (χ0n) is 9.17. The summed E-state index contributed by atoms with van der Waals surface area (Å²) in [7, 11) is 0. The van der Waals surface area contributed by atoms with E-state index < -0.39 is 0 Å². The molecule has 1 fully saturated rings. The zero-order valence-corrected chi connectivity index (χ0v) is 11.6. The molecule has 0 aromatic heterocycles. The van der Waals surface area contributed by atoms with Crippen LogP contribution in [0.3, 0.4) is 0 Å². The van der Waals surface area contributed by atoms with Crippen molar-refractivity contribution in [2.24, 2.45) is 11.7 Å². The van der Waals surface area contributed by atoms with Gasteiger partial charge in [0.15, 0.2) is 0 Å². The lowest BCUT2D eigenvalue weighted by Gasteiger charge is -2.14. The molecule has 0 radical (unpaired) electrons. The Balaban J connectivity index is 0.00000128. The Labute approximate surface area is 110 Å². The number of rotatable bonds is 3. The van der Waals surface area contributed by atoms with Crippen LogP contribution in [0.2, 0.25) is 0 Å². The Morgan fingerprint density at radius 3 is 2.69 bits per heavy atom. The molecule has 1 atom stereocenters. The van der Waals surface area contributed by atoms with E-state index in [2.05, 4.69) is 15.9 Å². The Kier molecular flexibility index (Phi) is 4.77. The summed E-state index contributed by atoms with van der Waals surface area (Å²) in [5, 5.41) is 0. The van der Waals surface area contributed by atoms with Gasteiger partial charge in [-0.3, -0.25) is 0 Å². The predicted octanol–water partition coefficient (Wildman–Crippen LogP) is 4.12. The number of nitrogens with two attached hydrogens (primary N) is 1. The number of hydrogen-bond donors (Lipinski definition) is 1. The zero-order chi connectivity index (χ0) is 11.0. The highest BCUT2D eigenvalue weighted by Gasteiger charge is 2.26. The summed E-state index contributed by atoms with van der Waals surface area (Å²) < 4.78 is 14.7. The molecule has 1 aromatic rings. The van der Waals surface area contributed by atoms with E-state index in [1.54, 1.807) is 19.1 Å². The quantitative estimate of drug-likeness (QED) is 0.893. The monoisotopic (exact) mass is 307 g/mol. The summed E-state index contributed by atoms with van der Waals surface area (Å²) in [4.78, 5) is 0. The Bertz CT molecular complexity index is 380. The number of benzene rings is 1. The fourth-order valence-electron chi connectivity index (χ4n) is 1.86. The van der Waals surface area contributed by atoms with E-state index in [0.29, 0.717) is 11.1 Å². The molecular formula is C12H16BrClFN. The van der Waals surface area contributed by atoms with Crippen LogP contribution in [0.4, 0.5) is 4.39 Å². The summed E-state index contributed by atoms with van der Waals surface area (Å²) in [5.74, 6) is 0.574. The van der Waals surface area contributed by atoms with Gasteiger partial charge in [0, 0.05) is 16.1 Å². The largest absolute Gasteiger partial charge is 0.324 e. The summed E-state index contributed by atoms with van der Waals surface area (Å²) in [6.45, 7) is 1.77. The molecule has 2 rings (SSSR count). The maximum atomic E-state index is 13.8. The molecule has 1 saturated carbocycles. The molecule has 0 spiro atoms. The predicted molar refractivity (Wildman–Crippen MR) is 70.4 cm³/mol. The van der Waals surface area contributed by atoms with Crippen molar-refractivity contribution in [2.75, 3.05) is 0 Å². The van der Waals surface area contributed by atoms with Crippen LogP contribution < -0.4 is 5.73 Å². The van der Waals surface area contributed by atoms with Crippen LogP contribution in [-0.4, -0.2) is 0 Å². The van der Waals surface area contributed by atoms with Crippen molar-refractivity contribution in [3.05, 3.63) is 33.5 Å². The minimum absolute atomic E-state index is 0. The first-order valence-electron chi connectivity index (χ1n) is 5.29. The third kappa shape index (κ3) is 3.19. The second-order valence-electron chi connectivity index (χ2n) is 4.41. The molecule has 90 valence electrons. The standard InChI is InChI=1S/C12H15BrFN.ClH/c1-7-4-9(13)6-10(12(7)14)11(15)5-8-2-3-8;/h4,6,8,11H,2-3,5,15H2,1H3;1H/t11-;/m0./s1. The van der Waals surface area contributed by atoms with Crippen LogP contribution in [0.5, 0.6) is 0 Å². The van der Waals surface area contributed by atoms with E-state index in [0.717, 1.165) is 16.8 Å². The normalized spacial score (nSPS) is 16.8. The highest BCUT2D eigenvalue weighted by Crippen LogP contribution is 2.37. The van der Waals surface area contributed by atoms with Crippen LogP contribution in [0.1, 0.15) is 36.4 Å². The minimum atomic E-state index is -0.159. The maximum Gasteiger partial charge on any atom is 0.130 e. The molecule has 1 aliphatic rings. The van der Waals surface area contributed by atoms with Gasteiger partial charge < -0.3 is 5.73 Å². The average molecular weight is 309 g/mol. The molecule has 0 saturated heterocycles. The molecule has 1 nitrogen and oxygen atoms in total. The van der Waals surface area contributed by atoms with Crippen molar-refractivity contribution in [1.29, 1.82) is 0 Å². The van der Waals surface area contributed by atoms with Gasteiger partial charge in [-0.05, 0) is 37.0 Å². The molecule has 0 heterocycles. The molecule has 0 amide bonds. The van der Waals surface area contributed by atoms with Crippen LogP contribution in [0, 0.1) is 18.7 Å². The second-order valence-corrected chi connectivity index (χ2v) is 5.33. The Hall–Kier alpha value is -0.120. The Morgan fingerprint density at radius 2 is 2.12 bits per heavy atom. The molecule has 4 heteroatoms. The molecule has 0 unspecified atom stereocenters. The number of halogens is 3. The third-order valence-corrected chi connectivity index (χ3v) is 3.39. The highest BCUT2D eigenvalue weighted by atomic mass is 79.9. The molecule has 1 aliphatic carbocycles. The maximum absolute atomic E-state index is 13.8. The van der Waals surface area contributed by atoms with Gasteiger partial charge in [0.05, 0.1) is 0 Å². The van der Waals surface area contributed by atoms with Crippen molar-refractivity contribution in [2.45, 2.75) is 32.2 Å². The fourth-order valence-corrected chi connectivity index (χ4v) is 2.45. The van der Waals surface area contributed by atoms with Gasteiger partial charge in [-0.15, -0.1) is 12.4 Å². The third-order valence-electron chi connectivity index (χ3n) is 2.93. The fraction of sp³-hybridized carbons (Fsp3) is 0.500. The van der Waals surface area contributed by atoms with E-state index in [4.69, 9.17) is 5.73 Å². The summed E-state index contributed by atoms with van der Waals surface area (Å²) in [5.41, 5.74) is 7.32. The molecule has 16 heavy (non-hydrogen) atoms. The van der Waals surface area contributed by atoms with E-state index in [1.165, 1.54) is 12.8 Å². The smallest absolute Gasteiger partial charge is 0.130 e. The van der Waals surface area contributed by atoms with Gasteiger partial charge >= 0.3 is 0 Å². The van der Waals surface area contributed by atoms with Gasteiger partial charge in [-0.25, -0.2) is 4.39 Å². The van der Waals surface area contributed by atoms with Gasteiger partial charge in [-0.2, -0.15) is 0 Å². The van der Waals surface area contributed by atoms with Crippen LogP contribution >= 0.6 is 28.3 Å². The number of hydrogen-bond acceptors (Lipinski definition) is 1. The van der Waals surface area contributed by atoms with Gasteiger partial charge in [0.2, 0.25) is 0 Å². The van der Waals surface area contributed by atoms with Gasteiger partial charge in [0.25, 0.3) is 0 Å². The minimum Gasteiger partial charge on any atom is -0.324 e. The summed E-state index contributed by atoms with van der Waals surface area (Å²) in [6, 6.07) is 3.42. The second kappa shape index (κ2) is 5.48. The topological polar surface area (TPSA) is 26.0 Å². The van der Waals surface area contributed by atoms with Crippen LogP contribution in [0.15, 0.2) is 16.6 Å². The highest BCUT2D eigenvalue weighted by molar-refractivity contribution is 9.10. The van der Waals surface area contributed by atoms with E-state index in [1.807, 2.05) is 0 Å². The first-order valence-corrected chi connectivity index (χ1v) is 6.08. The molecule has 0 bridgehead atoms. The summed E-state index contributed by atoms with van der Waals surface area (Å²) >= 11 is 3.38. The molecular weight excluding hydrogens is 292 g/mol.